The molecule has 128 valence electrons. The molecule has 2 aromatic heterocycles. The summed E-state index contributed by atoms with van der Waals surface area (Å²) in [6, 6.07) is 8.34. The lowest BCUT2D eigenvalue weighted by Gasteiger charge is -2.05. The van der Waals surface area contributed by atoms with Gasteiger partial charge in [0.1, 0.15) is 11.6 Å². The number of hydrogen-bond donors (Lipinski definition) is 1. The summed E-state index contributed by atoms with van der Waals surface area (Å²) in [5.41, 5.74) is 8.65. The van der Waals surface area contributed by atoms with Gasteiger partial charge < -0.3 is 10.5 Å². The quantitative estimate of drug-likeness (QED) is 0.703. The Bertz CT molecular complexity index is 875. The van der Waals surface area contributed by atoms with Gasteiger partial charge in [-0.2, -0.15) is 0 Å². The van der Waals surface area contributed by atoms with E-state index in [1.54, 1.807) is 0 Å². The highest BCUT2D eigenvalue weighted by atomic mass is 32.1. The van der Waals surface area contributed by atoms with Crippen LogP contribution in [0.2, 0.25) is 0 Å². The number of ether oxygens (including phenoxy) is 1. The van der Waals surface area contributed by atoms with Crippen molar-refractivity contribution in [2.24, 2.45) is 0 Å². The lowest BCUT2D eigenvalue weighted by Crippen LogP contribution is -2.11. The average molecular weight is 354 g/mol. The first kappa shape index (κ1) is 17.0. The third-order valence-electron chi connectivity index (χ3n) is 3.65. The molecule has 6 nitrogen and oxygen atoms in total. The minimum Gasteiger partial charge on any atom is -0.454 e. The van der Waals surface area contributed by atoms with E-state index in [0.717, 1.165) is 10.6 Å². The minimum absolute atomic E-state index is 0.0160. The second-order valence-electron chi connectivity index (χ2n) is 5.79. The van der Waals surface area contributed by atoms with E-state index in [-0.39, 0.29) is 18.1 Å². The Balaban J connectivity index is 1.66. The molecule has 0 unspecified atom stereocenters. The molecule has 1 aromatic carbocycles. The fraction of sp³-hybridized carbons (Fsp3) is 0.222. The smallest absolute Gasteiger partial charge is 0.361 e. The molecule has 0 saturated heterocycles. The first-order chi connectivity index (χ1) is 12.0. The SMILES string of the molecule is CC(C)c1ccc(-c2nc(COC(=O)c3nccnc3N)cs2)cc1. The molecule has 3 rings (SSSR count). The van der Waals surface area contributed by atoms with Crippen LogP contribution in [0.1, 0.15) is 41.5 Å². The van der Waals surface area contributed by atoms with Gasteiger partial charge in [0.25, 0.3) is 0 Å². The second-order valence-corrected chi connectivity index (χ2v) is 6.65. The summed E-state index contributed by atoms with van der Waals surface area (Å²) in [5, 5.41) is 2.76. The highest BCUT2D eigenvalue weighted by molar-refractivity contribution is 7.13. The van der Waals surface area contributed by atoms with Crippen LogP contribution >= 0.6 is 11.3 Å². The lowest BCUT2D eigenvalue weighted by molar-refractivity contribution is 0.0462. The Morgan fingerprint density at radius 3 is 2.60 bits per heavy atom. The molecule has 2 N–H and O–H groups in total. The van der Waals surface area contributed by atoms with Crippen molar-refractivity contribution >= 4 is 23.1 Å². The Hall–Kier alpha value is -2.80. The van der Waals surface area contributed by atoms with Crippen LogP contribution in [0.4, 0.5) is 5.82 Å². The minimum atomic E-state index is -0.610. The molecule has 0 atom stereocenters. The summed E-state index contributed by atoms with van der Waals surface area (Å²) in [6.07, 6.45) is 2.82. The number of esters is 1. The number of anilines is 1. The number of benzene rings is 1. The predicted molar refractivity (Wildman–Crippen MR) is 97.2 cm³/mol. The van der Waals surface area contributed by atoms with Crippen molar-refractivity contribution in [3.05, 3.63) is 59.0 Å². The van der Waals surface area contributed by atoms with E-state index >= 15 is 0 Å². The molecule has 0 bridgehead atoms. The maximum absolute atomic E-state index is 12.0. The molecule has 0 spiro atoms. The zero-order valence-corrected chi connectivity index (χ0v) is 14.8. The van der Waals surface area contributed by atoms with Gasteiger partial charge in [0.05, 0.1) is 5.69 Å². The number of carbonyl (C=O) groups is 1. The molecule has 3 aromatic rings. The van der Waals surface area contributed by atoms with Crippen LogP contribution in [-0.4, -0.2) is 20.9 Å². The maximum Gasteiger partial charge on any atom is 0.361 e. The zero-order valence-electron chi connectivity index (χ0n) is 14.0. The molecule has 0 radical (unpaired) electrons. The van der Waals surface area contributed by atoms with Gasteiger partial charge in [-0.15, -0.1) is 11.3 Å². The van der Waals surface area contributed by atoms with Crippen LogP contribution in [0.15, 0.2) is 42.0 Å². The summed E-state index contributed by atoms with van der Waals surface area (Å²) in [7, 11) is 0. The van der Waals surface area contributed by atoms with Gasteiger partial charge in [-0.3, -0.25) is 0 Å². The molecular weight excluding hydrogens is 336 g/mol. The summed E-state index contributed by atoms with van der Waals surface area (Å²) in [5.74, 6) is -0.0630. The van der Waals surface area contributed by atoms with E-state index < -0.39 is 5.97 Å². The van der Waals surface area contributed by atoms with Crippen molar-refractivity contribution in [2.75, 3.05) is 5.73 Å². The number of rotatable bonds is 5. The number of carbonyl (C=O) groups excluding carboxylic acids is 1. The molecule has 2 heterocycles. The van der Waals surface area contributed by atoms with Crippen LogP contribution in [0, 0.1) is 0 Å². The molecular formula is C18H18N4O2S. The Kier molecular flexibility index (Phi) is 5.04. The van der Waals surface area contributed by atoms with Crippen molar-refractivity contribution in [1.29, 1.82) is 0 Å². The molecule has 0 aliphatic carbocycles. The van der Waals surface area contributed by atoms with Crippen molar-refractivity contribution in [2.45, 2.75) is 26.4 Å². The summed E-state index contributed by atoms with van der Waals surface area (Å²) >= 11 is 1.51. The summed E-state index contributed by atoms with van der Waals surface area (Å²) < 4.78 is 5.22. The van der Waals surface area contributed by atoms with Crippen LogP contribution in [0.5, 0.6) is 0 Å². The van der Waals surface area contributed by atoms with E-state index in [1.807, 2.05) is 5.38 Å². The van der Waals surface area contributed by atoms with Crippen molar-refractivity contribution in [1.82, 2.24) is 15.0 Å². The van der Waals surface area contributed by atoms with Crippen LogP contribution in [-0.2, 0) is 11.3 Å². The standard InChI is InChI=1S/C18H18N4O2S/c1-11(2)12-3-5-13(6-4-12)17-22-14(10-25-17)9-24-18(23)15-16(19)21-8-7-20-15/h3-8,10-11H,9H2,1-2H3,(H2,19,21). The average Bonchev–Trinajstić information content (AvgIpc) is 3.09. The largest absolute Gasteiger partial charge is 0.454 e. The summed E-state index contributed by atoms with van der Waals surface area (Å²) in [4.78, 5) is 24.2. The van der Waals surface area contributed by atoms with Crippen LogP contribution in [0.25, 0.3) is 10.6 Å². The number of nitrogen functional groups attached to an aromatic ring is 1. The van der Waals surface area contributed by atoms with Gasteiger partial charge in [-0.05, 0) is 11.5 Å². The fourth-order valence-corrected chi connectivity index (χ4v) is 3.04. The highest BCUT2D eigenvalue weighted by Crippen LogP contribution is 2.26. The monoisotopic (exact) mass is 354 g/mol. The molecule has 0 aliphatic rings. The Labute approximate surface area is 149 Å². The fourth-order valence-electron chi connectivity index (χ4n) is 2.23. The highest BCUT2D eigenvalue weighted by Gasteiger charge is 2.14. The van der Waals surface area contributed by atoms with Gasteiger partial charge in [-0.25, -0.2) is 19.7 Å². The topological polar surface area (TPSA) is 91.0 Å². The van der Waals surface area contributed by atoms with E-state index in [0.29, 0.717) is 11.6 Å². The van der Waals surface area contributed by atoms with Gasteiger partial charge >= 0.3 is 5.97 Å². The van der Waals surface area contributed by atoms with E-state index in [9.17, 15) is 4.79 Å². The molecule has 0 amide bonds. The molecule has 0 saturated carbocycles. The number of thiazole rings is 1. The van der Waals surface area contributed by atoms with Crippen LogP contribution < -0.4 is 5.73 Å². The van der Waals surface area contributed by atoms with E-state index in [2.05, 4.69) is 53.1 Å². The third kappa shape index (κ3) is 4.00. The predicted octanol–water partition coefficient (Wildman–Crippen LogP) is 3.66. The van der Waals surface area contributed by atoms with E-state index in [1.165, 1.54) is 29.3 Å². The number of nitrogens with two attached hydrogens (primary N) is 1. The van der Waals surface area contributed by atoms with Gasteiger partial charge in [-0.1, -0.05) is 38.1 Å². The number of aromatic nitrogens is 3. The Morgan fingerprint density at radius 1 is 1.20 bits per heavy atom. The van der Waals surface area contributed by atoms with E-state index in [4.69, 9.17) is 10.5 Å². The lowest BCUT2D eigenvalue weighted by atomic mass is 10.0. The maximum atomic E-state index is 12.0. The van der Waals surface area contributed by atoms with Crippen molar-refractivity contribution < 1.29 is 9.53 Å². The zero-order chi connectivity index (χ0) is 17.8. The third-order valence-corrected chi connectivity index (χ3v) is 4.59. The van der Waals surface area contributed by atoms with Crippen molar-refractivity contribution in [3.63, 3.8) is 0 Å². The molecule has 25 heavy (non-hydrogen) atoms. The number of hydrogen-bond acceptors (Lipinski definition) is 7. The van der Waals surface area contributed by atoms with Gasteiger partial charge in [0.2, 0.25) is 0 Å². The summed E-state index contributed by atoms with van der Waals surface area (Å²) in [6.45, 7) is 4.39. The first-order valence-corrected chi connectivity index (χ1v) is 8.71. The Morgan fingerprint density at radius 2 is 1.92 bits per heavy atom. The molecule has 7 heteroatoms. The van der Waals surface area contributed by atoms with Gasteiger partial charge in [0, 0.05) is 23.3 Å². The molecule has 0 aliphatic heterocycles. The first-order valence-electron chi connectivity index (χ1n) is 7.83. The molecule has 0 fully saturated rings. The van der Waals surface area contributed by atoms with Crippen molar-refractivity contribution in [3.8, 4) is 10.6 Å². The van der Waals surface area contributed by atoms with Crippen LogP contribution in [0.3, 0.4) is 0 Å². The number of nitrogens with zero attached hydrogens (tertiary/aromatic N) is 3. The second kappa shape index (κ2) is 7.40. The van der Waals surface area contributed by atoms with Gasteiger partial charge in [0.15, 0.2) is 11.5 Å². The normalized spacial score (nSPS) is 10.8.